The molecular formula is C32H40FNO5. The standard InChI is InChI=1S/C32H40FNO5/c1-7-39-30-17-24(14-15-28(30)31(35)36)27-11-9-8-10-25(27)20-38-21-26(37-6)19-34(5)32(3,4)18-23-13-12-22(2)29(33)16-23/h8-17,26H,7,18-21H2,1-6H3,(H,35,36). The predicted molar refractivity (Wildman–Crippen MR) is 152 cm³/mol. The highest BCUT2D eigenvalue weighted by Crippen LogP contribution is 2.30. The van der Waals surface area contributed by atoms with Gasteiger partial charge >= 0.3 is 5.97 Å². The zero-order valence-electron chi connectivity index (χ0n) is 23.8. The number of aromatic carboxylic acids is 1. The molecule has 1 N–H and O–H groups in total. The van der Waals surface area contributed by atoms with Gasteiger partial charge in [0.25, 0.3) is 0 Å². The molecule has 0 spiro atoms. The number of carboxylic acid groups (broad SMARTS) is 1. The summed E-state index contributed by atoms with van der Waals surface area (Å²) < 4.78 is 31.5. The summed E-state index contributed by atoms with van der Waals surface area (Å²) in [5, 5.41) is 9.48. The van der Waals surface area contributed by atoms with Crippen molar-refractivity contribution in [1.29, 1.82) is 0 Å². The van der Waals surface area contributed by atoms with Gasteiger partial charge in [0.15, 0.2) is 0 Å². The van der Waals surface area contributed by atoms with E-state index >= 15 is 0 Å². The smallest absolute Gasteiger partial charge is 0.339 e. The van der Waals surface area contributed by atoms with Crippen LogP contribution >= 0.6 is 0 Å². The van der Waals surface area contributed by atoms with Crippen LogP contribution in [0.4, 0.5) is 4.39 Å². The summed E-state index contributed by atoms with van der Waals surface area (Å²) >= 11 is 0. The second kappa shape index (κ2) is 13.7. The van der Waals surface area contributed by atoms with Gasteiger partial charge in [-0.25, -0.2) is 9.18 Å². The number of benzene rings is 3. The Morgan fingerprint density at radius 1 is 1.10 bits per heavy atom. The lowest BCUT2D eigenvalue weighted by Gasteiger charge is -2.37. The van der Waals surface area contributed by atoms with E-state index in [1.807, 2.05) is 50.4 Å². The quantitative estimate of drug-likeness (QED) is 0.257. The highest BCUT2D eigenvalue weighted by molar-refractivity contribution is 5.92. The van der Waals surface area contributed by atoms with Gasteiger partial charge in [0.2, 0.25) is 0 Å². The van der Waals surface area contributed by atoms with E-state index in [9.17, 15) is 14.3 Å². The van der Waals surface area contributed by atoms with Crippen LogP contribution in [0.2, 0.25) is 0 Å². The van der Waals surface area contributed by atoms with Crippen molar-refractivity contribution < 1.29 is 28.5 Å². The lowest BCUT2D eigenvalue weighted by atomic mass is 9.92. The second-order valence-electron chi connectivity index (χ2n) is 10.4. The summed E-state index contributed by atoms with van der Waals surface area (Å²) in [5.74, 6) is -0.857. The molecule has 3 aromatic carbocycles. The average Bonchev–Trinajstić information content (AvgIpc) is 2.90. The minimum atomic E-state index is -1.02. The number of methoxy groups -OCH3 is 1. The molecule has 0 aliphatic rings. The van der Waals surface area contributed by atoms with Gasteiger partial charge in [-0.3, -0.25) is 4.90 Å². The number of aryl methyl sites for hydroxylation is 1. The van der Waals surface area contributed by atoms with Crippen LogP contribution in [0.15, 0.2) is 60.7 Å². The van der Waals surface area contributed by atoms with Crippen LogP contribution in [-0.4, -0.2) is 61.5 Å². The van der Waals surface area contributed by atoms with Crippen molar-refractivity contribution in [3.63, 3.8) is 0 Å². The van der Waals surface area contributed by atoms with Crippen LogP contribution in [0.5, 0.6) is 5.75 Å². The maximum Gasteiger partial charge on any atom is 0.339 e. The van der Waals surface area contributed by atoms with Gasteiger partial charge in [-0.2, -0.15) is 0 Å². The number of ether oxygens (including phenoxy) is 3. The molecule has 0 aromatic heterocycles. The Labute approximate surface area is 231 Å². The fourth-order valence-electron chi connectivity index (χ4n) is 4.50. The van der Waals surface area contributed by atoms with Crippen molar-refractivity contribution in [2.45, 2.75) is 52.4 Å². The number of carboxylic acids is 1. The van der Waals surface area contributed by atoms with Crippen LogP contribution in [0, 0.1) is 12.7 Å². The Kier molecular flexibility index (Phi) is 10.6. The maximum absolute atomic E-state index is 14.1. The van der Waals surface area contributed by atoms with Gasteiger partial charge in [0.05, 0.1) is 25.9 Å². The maximum atomic E-state index is 14.1. The molecule has 39 heavy (non-hydrogen) atoms. The first-order chi connectivity index (χ1) is 18.6. The SMILES string of the molecule is CCOc1cc(-c2ccccc2COCC(CN(C)C(C)(C)Cc2ccc(C)c(F)c2)OC)ccc1C(=O)O. The number of likely N-dealkylation sites (N-methyl/N-ethyl adjacent to an activating group) is 1. The molecule has 210 valence electrons. The van der Waals surface area contributed by atoms with Crippen molar-refractivity contribution in [2.75, 3.05) is 33.9 Å². The summed E-state index contributed by atoms with van der Waals surface area (Å²) in [5.41, 5.74) is 4.32. The number of carbonyl (C=O) groups is 1. The van der Waals surface area contributed by atoms with Gasteiger partial charge in [-0.1, -0.05) is 42.5 Å². The summed E-state index contributed by atoms with van der Waals surface area (Å²) in [7, 11) is 3.72. The highest BCUT2D eigenvalue weighted by atomic mass is 19.1. The van der Waals surface area contributed by atoms with E-state index in [2.05, 4.69) is 18.7 Å². The molecule has 0 aliphatic carbocycles. The van der Waals surface area contributed by atoms with Crippen molar-refractivity contribution in [3.8, 4) is 16.9 Å². The van der Waals surface area contributed by atoms with E-state index in [0.29, 0.717) is 44.1 Å². The first-order valence-corrected chi connectivity index (χ1v) is 13.2. The number of hydrogen-bond donors (Lipinski definition) is 1. The molecule has 0 fully saturated rings. The van der Waals surface area contributed by atoms with E-state index < -0.39 is 5.97 Å². The van der Waals surface area contributed by atoms with Gasteiger partial charge in [0.1, 0.15) is 17.1 Å². The van der Waals surface area contributed by atoms with E-state index in [0.717, 1.165) is 22.3 Å². The van der Waals surface area contributed by atoms with Gasteiger partial charge in [-0.05, 0) is 87.2 Å². The third kappa shape index (κ3) is 8.12. The van der Waals surface area contributed by atoms with Crippen molar-refractivity contribution >= 4 is 5.97 Å². The molecule has 0 aliphatic heterocycles. The summed E-state index contributed by atoms with van der Waals surface area (Å²) in [4.78, 5) is 13.8. The number of hydrogen-bond acceptors (Lipinski definition) is 5. The zero-order valence-corrected chi connectivity index (χ0v) is 23.8. The Morgan fingerprint density at radius 3 is 2.51 bits per heavy atom. The third-order valence-corrected chi connectivity index (χ3v) is 7.12. The molecule has 3 aromatic rings. The zero-order chi connectivity index (χ0) is 28.6. The Hall–Kier alpha value is -3.26. The molecule has 0 saturated heterocycles. The molecule has 0 bridgehead atoms. The highest BCUT2D eigenvalue weighted by Gasteiger charge is 2.27. The van der Waals surface area contributed by atoms with Gasteiger partial charge < -0.3 is 19.3 Å². The van der Waals surface area contributed by atoms with E-state index in [-0.39, 0.29) is 23.0 Å². The summed E-state index contributed by atoms with van der Waals surface area (Å²) in [6, 6.07) is 18.4. The number of rotatable bonds is 14. The predicted octanol–water partition coefficient (Wildman–Crippen LogP) is 6.38. The molecule has 1 unspecified atom stereocenters. The summed E-state index contributed by atoms with van der Waals surface area (Å²) in [6.45, 7) is 9.66. The van der Waals surface area contributed by atoms with Gasteiger partial charge in [-0.15, -0.1) is 0 Å². The molecule has 0 radical (unpaired) electrons. The monoisotopic (exact) mass is 537 g/mol. The fraction of sp³-hybridized carbons (Fsp3) is 0.406. The van der Waals surface area contributed by atoms with Crippen molar-refractivity contribution in [2.24, 2.45) is 0 Å². The van der Waals surface area contributed by atoms with Crippen molar-refractivity contribution in [3.05, 3.63) is 88.7 Å². The van der Waals surface area contributed by atoms with Crippen LogP contribution in [-0.2, 0) is 22.5 Å². The number of nitrogens with zero attached hydrogens (tertiary/aromatic N) is 1. The number of halogens is 1. The lowest BCUT2D eigenvalue weighted by Crippen LogP contribution is -2.47. The van der Waals surface area contributed by atoms with Crippen LogP contribution in [0.25, 0.3) is 11.1 Å². The van der Waals surface area contributed by atoms with E-state index in [4.69, 9.17) is 14.2 Å². The Morgan fingerprint density at radius 2 is 1.85 bits per heavy atom. The average molecular weight is 538 g/mol. The normalized spacial score (nSPS) is 12.5. The largest absolute Gasteiger partial charge is 0.493 e. The van der Waals surface area contributed by atoms with Crippen LogP contribution < -0.4 is 4.74 Å². The first kappa shape index (κ1) is 30.3. The molecular weight excluding hydrogens is 497 g/mol. The molecule has 0 amide bonds. The Balaban J connectivity index is 1.64. The molecule has 6 nitrogen and oxygen atoms in total. The van der Waals surface area contributed by atoms with Gasteiger partial charge in [0, 0.05) is 19.2 Å². The molecule has 0 saturated carbocycles. The minimum Gasteiger partial charge on any atom is -0.493 e. The summed E-state index contributed by atoms with van der Waals surface area (Å²) in [6.07, 6.45) is 0.547. The minimum absolute atomic E-state index is 0.136. The molecule has 7 heteroatoms. The molecule has 0 heterocycles. The van der Waals surface area contributed by atoms with E-state index in [1.165, 1.54) is 0 Å². The van der Waals surface area contributed by atoms with Crippen molar-refractivity contribution in [1.82, 2.24) is 4.90 Å². The van der Waals surface area contributed by atoms with Crippen LogP contribution in [0.3, 0.4) is 0 Å². The lowest BCUT2D eigenvalue weighted by molar-refractivity contribution is -0.0251. The topological polar surface area (TPSA) is 68.2 Å². The fourth-order valence-corrected chi connectivity index (χ4v) is 4.50. The molecule has 1 atom stereocenters. The van der Waals surface area contributed by atoms with Crippen LogP contribution in [0.1, 0.15) is 47.8 Å². The third-order valence-electron chi connectivity index (χ3n) is 7.12. The van der Waals surface area contributed by atoms with E-state index in [1.54, 1.807) is 38.3 Å². The second-order valence-corrected chi connectivity index (χ2v) is 10.4. The Bertz CT molecular complexity index is 1260. The molecule has 3 rings (SSSR count). The first-order valence-electron chi connectivity index (χ1n) is 13.2.